The van der Waals surface area contributed by atoms with Crippen molar-refractivity contribution < 1.29 is 0 Å². The SMILES string of the molecule is Clc1ccc(Cl)c(C(Br)c2ccccc2Br)c1. The van der Waals surface area contributed by atoms with Crippen molar-refractivity contribution in [3.05, 3.63) is 68.1 Å². The number of halogens is 4. The van der Waals surface area contributed by atoms with Crippen LogP contribution in [0.15, 0.2) is 46.9 Å². The molecule has 0 N–H and O–H groups in total. The molecule has 88 valence electrons. The first-order valence-corrected chi connectivity index (χ1v) is 7.39. The minimum Gasteiger partial charge on any atom is -0.0843 e. The highest BCUT2D eigenvalue weighted by Crippen LogP contribution is 2.39. The molecule has 1 atom stereocenters. The summed E-state index contributed by atoms with van der Waals surface area (Å²) in [5.41, 5.74) is 2.09. The van der Waals surface area contributed by atoms with Crippen molar-refractivity contribution in [1.29, 1.82) is 0 Å². The summed E-state index contributed by atoms with van der Waals surface area (Å²) in [5.74, 6) is 0. The maximum Gasteiger partial charge on any atom is 0.0670 e. The molecule has 0 fully saturated rings. The van der Waals surface area contributed by atoms with Crippen LogP contribution in [0.2, 0.25) is 10.0 Å². The van der Waals surface area contributed by atoms with Crippen LogP contribution >= 0.6 is 55.1 Å². The summed E-state index contributed by atoms with van der Waals surface area (Å²) in [7, 11) is 0. The molecule has 0 spiro atoms. The van der Waals surface area contributed by atoms with Crippen LogP contribution in [-0.2, 0) is 0 Å². The van der Waals surface area contributed by atoms with E-state index < -0.39 is 0 Å². The molecule has 0 heterocycles. The summed E-state index contributed by atoms with van der Waals surface area (Å²) in [6, 6.07) is 13.5. The van der Waals surface area contributed by atoms with Crippen molar-refractivity contribution in [3.63, 3.8) is 0 Å². The van der Waals surface area contributed by atoms with Gasteiger partial charge in [-0.2, -0.15) is 0 Å². The molecule has 0 aromatic heterocycles. The fraction of sp³-hybridized carbons (Fsp3) is 0.0769. The molecule has 2 aromatic rings. The van der Waals surface area contributed by atoms with Crippen molar-refractivity contribution in [1.82, 2.24) is 0 Å². The molecule has 0 amide bonds. The molecule has 0 radical (unpaired) electrons. The van der Waals surface area contributed by atoms with Crippen LogP contribution in [0.1, 0.15) is 16.0 Å². The van der Waals surface area contributed by atoms with Gasteiger partial charge in [0.15, 0.2) is 0 Å². The summed E-state index contributed by atoms with van der Waals surface area (Å²) in [6.07, 6.45) is 0. The topological polar surface area (TPSA) is 0 Å². The minimum atomic E-state index is 0.0178. The van der Waals surface area contributed by atoms with Gasteiger partial charge in [0.25, 0.3) is 0 Å². The second-order valence-electron chi connectivity index (χ2n) is 3.55. The van der Waals surface area contributed by atoms with Crippen LogP contribution in [-0.4, -0.2) is 0 Å². The van der Waals surface area contributed by atoms with E-state index in [1.807, 2.05) is 36.4 Å². The third kappa shape index (κ3) is 3.05. The van der Waals surface area contributed by atoms with E-state index in [4.69, 9.17) is 23.2 Å². The largest absolute Gasteiger partial charge is 0.0843 e. The fourth-order valence-electron chi connectivity index (χ4n) is 1.56. The molecule has 0 bridgehead atoms. The van der Waals surface area contributed by atoms with Gasteiger partial charge in [-0.15, -0.1) is 0 Å². The van der Waals surface area contributed by atoms with Crippen molar-refractivity contribution in [2.24, 2.45) is 0 Å². The van der Waals surface area contributed by atoms with Gasteiger partial charge in [0.1, 0.15) is 0 Å². The van der Waals surface area contributed by atoms with Crippen molar-refractivity contribution >= 4 is 55.1 Å². The first-order chi connectivity index (χ1) is 8.09. The molecule has 0 aliphatic rings. The van der Waals surface area contributed by atoms with Gasteiger partial charge in [-0.3, -0.25) is 0 Å². The van der Waals surface area contributed by atoms with Crippen LogP contribution in [0.25, 0.3) is 0 Å². The normalized spacial score (nSPS) is 12.5. The lowest BCUT2D eigenvalue weighted by Gasteiger charge is -2.14. The molecular formula is C13H8Br2Cl2. The van der Waals surface area contributed by atoms with Gasteiger partial charge in [0, 0.05) is 14.5 Å². The molecule has 4 heteroatoms. The second kappa shape index (κ2) is 5.75. The number of hydrogen-bond donors (Lipinski definition) is 0. The van der Waals surface area contributed by atoms with Crippen molar-refractivity contribution in [2.45, 2.75) is 4.83 Å². The van der Waals surface area contributed by atoms with E-state index in [2.05, 4.69) is 31.9 Å². The minimum absolute atomic E-state index is 0.0178. The lowest BCUT2D eigenvalue weighted by Crippen LogP contribution is -1.95. The van der Waals surface area contributed by atoms with Crippen molar-refractivity contribution in [3.8, 4) is 0 Å². The maximum absolute atomic E-state index is 6.19. The summed E-state index contributed by atoms with van der Waals surface area (Å²) in [4.78, 5) is 0.0178. The predicted molar refractivity (Wildman–Crippen MR) is 81.4 cm³/mol. The molecule has 0 saturated heterocycles. The van der Waals surface area contributed by atoms with Gasteiger partial charge >= 0.3 is 0 Å². The average Bonchev–Trinajstić information content (AvgIpc) is 2.32. The Morgan fingerprint density at radius 1 is 0.941 bits per heavy atom. The van der Waals surface area contributed by atoms with Crippen LogP contribution < -0.4 is 0 Å². The van der Waals surface area contributed by atoms with E-state index in [9.17, 15) is 0 Å². The highest BCUT2D eigenvalue weighted by molar-refractivity contribution is 9.11. The highest BCUT2D eigenvalue weighted by Gasteiger charge is 2.16. The quantitative estimate of drug-likeness (QED) is 0.529. The number of rotatable bonds is 2. The van der Waals surface area contributed by atoms with Crippen LogP contribution in [0, 0.1) is 0 Å². The molecule has 2 aromatic carbocycles. The monoisotopic (exact) mass is 392 g/mol. The standard InChI is InChI=1S/C13H8Br2Cl2/c14-11-4-2-1-3-9(11)13(15)10-7-8(16)5-6-12(10)17/h1-7,13H. The Labute approximate surface area is 127 Å². The lowest BCUT2D eigenvalue weighted by atomic mass is 10.0. The Hall–Kier alpha value is -0.0200. The summed E-state index contributed by atoms with van der Waals surface area (Å²) < 4.78 is 1.04. The third-order valence-electron chi connectivity index (χ3n) is 2.41. The van der Waals surface area contributed by atoms with E-state index in [0.29, 0.717) is 10.0 Å². The van der Waals surface area contributed by atoms with Gasteiger partial charge in [0.05, 0.1) is 4.83 Å². The lowest BCUT2D eigenvalue weighted by molar-refractivity contribution is 1.16. The van der Waals surface area contributed by atoms with Crippen LogP contribution in [0.5, 0.6) is 0 Å². The Balaban J connectivity index is 2.47. The van der Waals surface area contributed by atoms with E-state index in [-0.39, 0.29) is 4.83 Å². The maximum atomic E-state index is 6.19. The Kier molecular flexibility index (Phi) is 4.53. The van der Waals surface area contributed by atoms with Crippen LogP contribution in [0.4, 0.5) is 0 Å². The summed E-state index contributed by atoms with van der Waals surface area (Å²) >= 11 is 19.4. The van der Waals surface area contributed by atoms with Crippen molar-refractivity contribution in [2.75, 3.05) is 0 Å². The summed E-state index contributed by atoms with van der Waals surface area (Å²) in [5, 5.41) is 1.38. The molecule has 17 heavy (non-hydrogen) atoms. The molecular weight excluding hydrogens is 387 g/mol. The summed E-state index contributed by atoms with van der Waals surface area (Å²) in [6.45, 7) is 0. The smallest absolute Gasteiger partial charge is 0.0670 e. The van der Waals surface area contributed by atoms with Gasteiger partial charge in [-0.05, 0) is 35.4 Å². The van der Waals surface area contributed by atoms with Gasteiger partial charge < -0.3 is 0 Å². The Morgan fingerprint density at radius 3 is 2.35 bits per heavy atom. The third-order valence-corrected chi connectivity index (χ3v) is 4.70. The molecule has 2 rings (SSSR count). The average molecular weight is 395 g/mol. The van der Waals surface area contributed by atoms with E-state index in [0.717, 1.165) is 15.6 Å². The highest BCUT2D eigenvalue weighted by atomic mass is 79.9. The number of alkyl halides is 1. The zero-order valence-electron chi connectivity index (χ0n) is 8.63. The molecule has 0 saturated carbocycles. The second-order valence-corrected chi connectivity index (χ2v) is 6.16. The fourth-order valence-corrected chi connectivity index (χ4v) is 3.69. The number of benzene rings is 2. The molecule has 0 aliphatic carbocycles. The zero-order chi connectivity index (χ0) is 12.4. The van der Waals surface area contributed by atoms with E-state index in [1.54, 1.807) is 6.07 Å². The first kappa shape index (κ1) is 13.4. The molecule has 0 aliphatic heterocycles. The zero-order valence-corrected chi connectivity index (χ0v) is 13.3. The number of hydrogen-bond acceptors (Lipinski definition) is 0. The Morgan fingerprint density at radius 2 is 1.65 bits per heavy atom. The van der Waals surface area contributed by atoms with Crippen LogP contribution in [0.3, 0.4) is 0 Å². The van der Waals surface area contributed by atoms with E-state index in [1.165, 1.54) is 0 Å². The predicted octanol–water partition coefficient (Wildman–Crippen LogP) is 6.24. The first-order valence-electron chi connectivity index (χ1n) is 4.93. The van der Waals surface area contributed by atoms with Gasteiger partial charge in [-0.25, -0.2) is 0 Å². The van der Waals surface area contributed by atoms with E-state index >= 15 is 0 Å². The Bertz CT molecular complexity index is 541. The van der Waals surface area contributed by atoms with Gasteiger partial charge in [-0.1, -0.05) is 73.3 Å². The van der Waals surface area contributed by atoms with Gasteiger partial charge in [0.2, 0.25) is 0 Å². The molecule has 1 unspecified atom stereocenters. The molecule has 0 nitrogen and oxygen atoms in total.